The van der Waals surface area contributed by atoms with Gasteiger partial charge in [0.05, 0.1) is 0 Å². The lowest BCUT2D eigenvalue weighted by Gasteiger charge is -2.09. The third kappa shape index (κ3) is 2.32. The van der Waals surface area contributed by atoms with Crippen molar-refractivity contribution in [1.82, 2.24) is 0 Å². The lowest BCUT2D eigenvalue weighted by atomic mass is 9.97. The van der Waals surface area contributed by atoms with Gasteiger partial charge in [0.15, 0.2) is 0 Å². The summed E-state index contributed by atoms with van der Waals surface area (Å²) in [5.74, 6) is 1.93. The minimum Gasteiger partial charge on any atom is -0.0625 e. The molecule has 59 valence electrons. The Morgan fingerprint density at radius 3 is 2.70 bits per heavy atom. The van der Waals surface area contributed by atoms with Crippen LogP contribution in [-0.4, -0.2) is 0 Å². The van der Waals surface area contributed by atoms with E-state index in [4.69, 9.17) is 0 Å². The molecule has 1 radical (unpaired) electrons. The molecule has 1 aliphatic rings. The fourth-order valence-electron chi connectivity index (χ4n) is 1.85. The third-order valence-corrected chi connectivity index (χ3v) is 2.79. The molecule has 1 saturated carbocycles. The maximum absolute atomic E-state index is 3.98. The van der Waals surface area contributed by atoms with E-state index < -0.39 is 0 Å². The second-order valence-corrected chi connectivity index (χ2v) is 3.77. The van der Waals surface area contributed by atoms with Gasteiger partial charge < -0.3 is 0 Å². The third-order valence-electron chi connectivity index (χ3n) is 2.79. The summed E-state index contributed by atoms with van der Waals surface area (Å²) in [6.07, 6.45) is 8.38. The van der Waals surface area contributed by atoms with E-state index in [0.29, 0.717) is 0 Å². The van der Waals surface area contributed by atoms with Crippen molar-refractivity contribution in [3.05, 3.63) is 6.92 Å². The largest absolute Gasteiger partial charge is 0.0625 e. The highest BCUT2D eigenvalue weighted by Gasteiger charge is 2.13. The molecule has 0 aromatic carbocycles. The molecular formula is C10H19. The van der Waals surface area contributed by atoms with Gasteiger partial charge >= 0.3 is 0 Å². The summed E-state index contributed by atoms with van der Waals surface area (Å²) in [6.45, 7) is 6.36. The second-order valence-electron chi connectivity index (χ2n) is 3.77. The van der Waals surface area contributed by atoms with Gasteiger partial charge in [0.25, 0.3) is 0 Å². The van der Waals surface area contributed by atoms with Crippen molar-refractivity contribution < 1.29 is 0 Å². The molecule has 1 rings (SSSR count). The molecule has 2 atom stereocenters. The van der Waals surface area contributed by atoms with E-state index in [1.165, 1.54) is 32.1 Å². The highest BCUT2D eigenvalue weighted by Crippen LogP contribution is 2.28. The number of hydrogen-bond acceptors (Lipinski definition) is 0. The topological polar surface area (TPSA) is 0 Å². The van der Waals surface area contributed by atoms with E-state index in [-0.39, 0.29) is 0 Å². The van der Waals surface area contributed by atoms with Crippen molar-refractivity contribution in [3.8, 4) is 0 Å². The predicted molar refractivity (Wildman–Crippen MR) is 45.7 cm³/mol. The molecule has 0 spiro atoms. The smallest absolute Gasteiger partial charge is 0.0414 e. The molecule has 0 heteroatoms. The highest BCUT2D eigenvalue weighted by molar-refractivity contribution is 4.68. The van der Waals surface area contributed by atoms with E-state index in [1.807, 2.05) is 0 Å². The monoisotopic (exact) mass is 139 g/mol. The first-order chi connectivity index (χ1) is 4.83. The summed E-state index contributed by atoms with van der Waals surface area (Å²) in [5, 5.41) is 0. The normalized spacial score (nSPS) is 35.4. The average Bonchev–Trinajstić information content (AvgIpc) is 2.14. The van der Waals surface area contributed by atoms with Crippen LogP contribution in [0.5, 0.6) is 0 Å². The van der Waals surface area contributed by atoms with E-state index in [2.05, 4.69) is 13.8 Å². The predicted octanol–water partition coefficient (Wildman–Crippen LogP) is 3.43. The van der Waals surface area contributed by atoms with Crippen LogP contribution >= 0.6 is 0 Å². The molecule has 0 heterocycles. The molecule has 1 aliphatic carbocycles. The van der Waals surface area contributed by atoms with Gasteiger partial charge in [-0.1, -0.05) is 52.4 Å². The van der Waals surface area contributed by atoms with Crippen molar-refractivity contribution in [2.45, 2.75) is 45.4 Å². The lowest BCUT2D eigenvalue weighted by molar-refractivity contribution is 0.449. The Balaban J connectivity index is 2.26. The zero-order valence-electron chi connectivity index (χ0n) is 7.10. The quantitative estimate of drug-likeness (QED) is 0.488. The Morgan fingerprint density at radius 1 is 1.20 bits per heavy atom. The van der Waals surface area contributed by atoms with Crippen molar-refractivity contribution in [3.63, 3.8) is 0 Å². The molecule has 0 amide bonds. The van der Waals surface area contributed by atoms with Crippen LogP contribution in [0.1, 0.15) is 45.4 Å². The van der Waals surface area contributed by atoms with Gasteiger partial charge in [-0.15, -0.1) is 0 Å². The Kier molecular flexibility index (Phi) is 3.24. The molecular weight excluding hydrogens is 120 g/mol. The molecule has 0 N–H and O–H groups in total. The first-order valence-corrected chi connectivity index (χ1v) is 4.62. The van der Waals surface area contributed by atoms with Gasteiger partial charge in [-0.3, -0.25) is 0 Å². The fraction of sp³-hybridized carbons (Fsp3) is 0.900. The fourth-order valence-corrected chi connectivity index (χ4v) is 1.85. The van der Waals surface area contributed by atoms with Crippen LogP contribution in [0.25, 0.3) is 0 Å². The van der Waals surface area contributed by atoms with Crippen LogP contribution in [0.3, 0.4) is 0 Å². The van der Waals surface area contributed by atoms with Crippen LogP contribution < -0.4 is 0 Å². The van der Waals surface area contributed by atoms with Gasteiger partial charge in [0.1, 0.15) is 0 Å². The van der Waals surface area contributed by atoms with Gasteiger partial charge in [-0.25, -0.2) is 0 Å². The van der Waals surface area contributed by atoms with Crippen LogP contribution in [0.15, 0.2) is 0 Å². The van der Waals surface area contributed by atoms with E-state index in [1.54, 1.807) is 0 Å². The molecule has 0 bridgehead atoms. The molecule has 0 aromatic heterocycles. The SMILES string of the molecule is [CH2]CC1CCCC(C)CC1. The molecule has 0 aromatic rings. The summed E-state index contributed by atoms with van der Waals surface area (Å²) in [5.41, 5.74) is 0. The maximum atomic E-state index is 3.98. The molecule has 0 aliphatic heterocycles. The molecule has 0 nitrogen and oxygen atoms in total. The number of hydrogen-bond donors (Lipinski definition) is 0. The molecule has 1 fully saturated rings. The van der Waals surface area contributed by atoms with Gasteiger partial charge in [0, 0.05) is 0 Å². The first kappa shape index (κ1) is 8.10. The lowest BCUT2D eigenvalue weighted by Crippen LogP contribution is -1.96. The van der Waals surface area contributed by atoms with Crippen LogP contribution in [0.4, 0.5) is 0 Å². The molecule has 2 unspecified atom stereocenters. The van der Waals surface area contributed by atoms with Gasteiger partial charge in [0.2, 0.25) is 0 Å². The Labute approximate surface area is 65.0 Å². The molecule has 10 heavy (non-hydrogen) atoms. The zero-order valence-corrected chi connectivity index (χ0v) is 7.10. The Bertz CT molecular complexity index is 86.0. The first-order valence-electron chi connectivity index (χ1n) is 4.62. The van der Waals surface area contributed by atoms with Crippen LogP contribution in [-0.2, 0) is 0 Å². The average molecular weight is 139 g/mol. The van der Waals surface area contributed by atoms with Crippen molar-refractivity contribution in [1.29, 1.82) is 0 Å². The van der Waals surface area contributed by atoms with Crippen LogP contribution in [0, 0.1) is 18.8 Å². The molecule has 0 saturated heterocycles. The van der Waals surface area contributed by atoms with Crippen molar-refractivity contribution in [2.24, 2.45) is 11.8 Å². The summed E-state index contributed by atoms with van der Waals surface area (Å²) in [4.78, 5) is 0. The highest BCUT2D eigenvalue weighted by atomic mass is 14.2. The van der Waals surface area contributed by atoms with E-state index in [9.17, 15) is 0 Å². The number of rotatable bonds is 1. The van der Waals surface area contributed by atoms with Crippen LogP contribution in [0.2, 0.25) is 0 Å². The minimum atomic E-state index is 0.949. The summed E-state index contributed by atoms with van der Waals surface area (Å²) >= 11 is 0. The van der Waals surface area contributed by atoms with Crippen molar-refractivity contribution >= 4 is 0 Å². The Hall–Kier alpha value is 0. The van der Waals surface area contributed by atoms with E-state index in [0.717, 1.165) is 18.3 Å². The second kappa shape index (κ2) is 4.00. The summed E-state index contributed by atoms with van der Waals surface area (Å²) in [7, 11) is 0. The Morgan fingerprint density at radius 2 is 2.00 bits per heavy atom. The zero-order chi connectivity index (χ0) is 7.40. The summed E-state index contributed by atoms with van der Waals surface area (Å²) in [6, 6.07) is 0. The van der Waals surface area contributed by atoms with Crippen molar-refractivity contribution in [2.75, 3.05) is 0 Å². The van der Waals surface area contributed by atoms with Gasteiger partial charge in [-0.05, 0) is 11.8 Å². The minimum absolute atomic E-state index is 0.949. The standard InChI is InChI=1S/C10H19/c1-3-10-6-4-5-9(2)7-8-10/h9-10H,1,3-8H2,2H3. The maximum Gasteiger partial charge on any atom is -0.0414 e. The summed E-state index contributed by atoms with van der Waals surface area (Å²) < 4.78 is 0. The van der Waals surface area contributed by atoms with Gasteiger partial charge in [-0.2, -0.15) is 0 Å². The van der Waals surface area contributed by atoms with E-state index >= 15 is 0 Å².